The molecule has 1 aromatic carbocycles. The van der Waals surface area contributed by atoms with E-state index in [-0.39, 0.29) is 5.38 Å². The fourth-order valence-corrected chi connectivity index (χ4v) is 1.75. The Morgan fingerprint density at radius 3 is 1.94 bits per heavy atom. The van der Waals surface area contributed by atoms with Crippen molar-refractivity contribution in [3.05, 3.63) is 17.7 Å². The summed E-state index contributed by atoms with van der Waals surface area (Å²) in [7, 11) is 4.83. The molecule has 0 N–H and O–H groups in total. The van der Waals surface area contributed by atoms with Gasteiger partial charge in [0.05, 0.1) is 21.3 Å². The number of hydrogen-bond donors (Lipinski definition) is 0. The second kappa shape index (κ2) is 6.60. The summed E-state index contributed by atoms with van der Waals surface area (Å²) >= 11 is 5.95. The average molecular weight is 259 g/mol. The minimum atomic E-state index is 0.161. The van der Waals surface area contributed by atoms with Gasteiger partial charge < -0.3 is 14.2 Å². The predicted octanol–water partition coefficient (Wildman–Crippen LogP) is 3.27. The van der Waals surface area contributed by atoms with Gasteiger partial charge in [0.25, 0.3) is 0 Å². The van der Waals surface area contributed by atoms with Gasteiger partial charge >= 0.3 is 0 Å². The fraction of sp³-hybridized carbons (Fsp3) is 0.538. The van der Waals surface area contributed by atoms with Crippen molar-refractivity contribution in [3.8, 4) is 17.2 Å². The predicted molar refractivity (Wildman–Crippen MR) is 69.7 cm³/mol. The second-order valence-corrected chi connectivity index (χ2v) is 4.60. The zero-order chi connectivity index (χ0) is 12.8. The maximum atomic E-state index is 5.95. The number of benzene rings is 1. The lowest BCUT2D eigenvalue weighted by atomic mass is 10.1. The van der Waals surface area contributed by atoms with E-state index in [1.54, 1.807) is 21.3 Å². The third-order valence-corrected chi connectivity index (χ3v) is 2.77. The maximum absolute atomic E-state index is 5.95. The van der Waals surface area contributed by atoms with Gasteiger partial charge in [0.15, 0.2) is 11.5 Å². The van der Waals surface area contributed by atoms with E-state index in [9.17, 15) is 0 Å². The van der Waals surface area contributed by atoms with Crippen LogP contribution in [0.5, 0.6) is 17.2 Å². The molecule has 0 amide bonds. The number of halogens is 1. The van der Waals surface area contributed by atoms with Crippen LogP contribution in [0.3, 0.4) is 0 Å². The van der Waals surface area contributed by atoms with Crippen molar-refractivity contribution >= 4 is 11.6 Å². The Kier molecular flexibility index (Phi) is 5.42. The Labute approximate surface area is 108 Å². The molecule has 3 nitrogen and oxygen atoms in total. The summed E-state index contributed by atoms with van der Waals surface area (Å²) in [6.07, 6.45) is 1.81. The molecule has 4 heteroatoms. The van der Waals surface area contributed by atoms with E-state index in [1.165, 1.54) is 0 Å². The number of alkyl halides is 1. The molecule has 0 aliphatic rings. The Bertz CT molecular complexity index is 339. The van der Waals surface area contributed by atoms with E-state index in [0.29, 0.717) is 17.2 Å². The number of hydrogen-bond acceptors (Lipinski definition) is 3. The van der Waals surface area contributed by atoms with Crippen molar-refractivity contribution in [2.75, 3.05) is 21.3 Å². The number of rotatable bonds is 6. The monoisotopic (exact) mass is 258 g/mol. The zero-order valence-electron chi connectivity index (χ0n) is 10.7. The molecule has 1 unspecified atom stereocenters. The molecule has 0 fully saturated rings. The topological polar surface area (TPSA) is 27.7 Å². The van der Waals surface area contributed by atoms with E-state index in [0.717, 1.165) is 18.4 Å². The van der Waals surface area contributed by atoms with E-state index in [4.69, 9.17) is 25.8 Å². The van der Waals surface area contributed by atoms with Crippen LogP contribution in [-0.2, 0) is 6.42 Å². The maximum Gasteiger partial charge on any atom is 0.203 e. The van der Waals surface area contributed by atoms with Crippen molar-refractivity contribution < 1.29 is 14.2 Å². The lowest BCUT2D eigenvalue weighted by Crippen LogP contribution is -1.99. The highest BCUT2D eigenvalue weighted by Crippen LogP contribution is 2.38. The van der Waals surface area contributed by atoms with Crippen molar-refractivity contribution in [2.45, 2.75) is 25.1 Å². The normalized spacial score (nSPS) is 12.1. The molecule has 0 aliphatic carbocycles. The first kappa shape index (κ1) is 14.0. The highest BCUT2D eigenvalue weighted by atomic mass is 35.5. The van der Waals surface area contributed by atoms with Crippen LogP contribution in [-0.4, -0.2) is 26.7 Å². The molecule has 0 saturated carbocycles. The van der Waals surface area contributed by atoms with E-state index < -0.39 is 0 Å². The molecular weight excluding hydrogens is 240 g/mol. The average Bonchev–Trinajstić information content (AvgIpc) is 2.34. The molecular formula is C13H19ClO3. The lowest BCUT2D eigenvalue weighted by Gasteiger charge is -2.14. The van der Waals surface area contributed by atoms with Crippen molar-refractivity contribution in [1.29, 1.82) is 0 Å². The van der Waals surface area contributed by atoms with Crippen LogP contribution in [0.2, 0.25) is 0 Å². The summed E-state index contributed by atoms with van der Waals surface area (Å²) in [5, 5.41) is 0.161. The van der Waals surface area contributed by atoms with Crippen LogP contribution in [0.15, 0.2) is 12.1 Å². The fourth-order valence-electron chi connectivity index (χ4n) is 1.65. The van der Waals surface area contributed by atoms with Crippen LogP contribution in [0, 0.1) is 0 Å². The summed E-state index contributed by atoms with van der Waals surface area (Å²) in [6, 6.07) is 3.92. The van der Waals surface area contributed by atoms with Gasteiger partial charge in [-0.1, -0.05) is 0 Å². The highest BCUT2D eigenvalue weighted by Gasteiger charge is 2.13. The van der Waals surface area contributed by atoms with Gasteiger partial charge in [0.1, 0.15) is 0 Å². The van der Waals surface area contributed by atoms with Crippen LogP contribution < -0.4 is 14.2 Å². The van der Waals surface area contributed by atoms with Gasteiger partial charge in [-0.3, -0.25) is 0 Å². The third kappa shape index (κ3) is 3.70. The minimum absolute atomic E-state index is 0.161. The first-order chi connectivity index (χ1) is 8.12. The summed E-state index contributed by atoms with van der Waals surface area (Å²) in [5.41, 5.74) is 1.13. The molecule has 1 rings (SSSR count). The first-order valence-electron chi connectivity index (χ1n) is 5.55. The lowest BCUT2D eigenvalue weighted by molar-refractivity contribution is 0.323. The smallest absolute Gasteiger partial charge is 0.203 e. The molecule has 17 heavy (non-hydrogen) atoms. The van der Waals surface area contributed by atoms with Crippen molar-refractivity contribution in [3.63, 3.8) is 0 Å². The number of aryl methyl sites for hydroxylation is 1. The van der Waals surface area contributed by atoms with Crippen LogP contribution in [0.1, 0.15) is 18.9 Å². The summed E-state index contributed by atoms with van der Waals surface area (Å²) in [6.45, 7) is 1.99. The first-order valence-corrected chi connectivity index (χ1v) is 5.99. The summed E-state index contributed by atoms with van der Waals surface area (Å²) in [5.74, 6) is 1.99. The standard InChI is InChI=1S/C13H19ClO3/c1-9(14)5-6-10-7-11(15-2)13(17-4)12(8-10)16-3/h7-9H,5-6H2,1-4H3. The van der Waals surface area contributed by atoms with E-state index >= 15 is 0 Å². The molecule has 0 spiro atoms. The van der Waals surface area contributed by atoms with Crippen LogP contribution in [0.25, 0.3) is 0 Å². The molecule has 0 saturated heterocycles. The Hall–Kier alpha value is -1.09. The SMILES string of the molecule is COc1cc(CCC(C)Cl)cc(OC)c1OC. The van der Waals surface area contributed by atoms with E-state index in [1.807, 2.05) is 19.1 Å². The largest absolute Gasteiger partial charge is 0.493 e. The Balaban J connectivity index is 3.00. The van der Waals surface area contributed by atoms with E-state index in [2.05, 4.69) is 0 Å². The van der Waals surface area contributed by atoms with Crippen molar-refractivity contribution in [2.24, 2.45) is 0 Å². The van der Waals surface area contributed by atoms with Crippen LogP contribution >= 0.6 is 11.6 Å². The summed E-state index contributed by atoms with van der Waals surface area (Å²) in [4.78, 5) is 0. The van der Waals surface area contributed by atoms with Crippen LogP contribution in [0.4, 0.5) is 0 Å². The van der Waals surface area contributed by atoms with Crippen molar-refractivity contribution in [1.82, 2.24) is 0 Å². The molecule has 0 heterocycles. The molecule has 0 aromatic heterocycles. The Morgan fingerprint density at radius 2 is 1.59 bits per heavy atom. The third-order valence-electron chi connectivity index (χ3n) is 2.56. The molecule has 1 atom stereocenters. The molecule has 96 valence electrons. The van der Waals surface area contributed by atoms with Gasteiger partial charge in [0, 0.05) is 5.38 Å². The number of ether oxygens (including phenoxy) is 3. The molecule has 0 aliphatic heterocycles. The quantitative estimate of drug-likeness (QED) is 0.733. The van der Waals surface area contributed by atoms with Gasteiger partial charge in [-0.2, -0.15) is 0 Å². The Morgan fingerprint density at radius 1 is 1.06 bits per heavy atom. The molecule has 0 bridgehead atoms. The highest BCUT2D eigenvalue weighted by molar-refractivity contribution is 6.20. The van der Waals surface area contributed by atoms with Gasteiger partial charge in [-0.25, -0.2) is 0 Å². The van der Waals surface area contributed by atoms with Gasteiger partial charge in [0.2, 0.25) is 5.75 Å². The molecule has 0 radical (unpaired) electrons. The van der Waals surface area contributed by atoms with Gasteiger partial charge in [-0.15, -0.1) is 11.6 Å². The second-order valence-electron chi connectivity index (χ2n) is 3.85. The van der Waals surface area contributed by atoms with Gasteiger partial charge in [-0.05, 0) is 37.5 Å². The zero-order valence-corrected chi connectivity index (χ0v) is 11.5. The molecule has 1 aromatic rings. The summed E-state index contributed by atoms with van der Waals surface area (Å²) < 4.78 is 15.8. The minimum Gasteiger partial charge on any atom is -0.493 e. The number of methoxy groups -OCH3 is 3.